The highest BCUT2D eigenvalue weighted by atomic mass is 16.1. The maximum absolute atomic E-state index is 11.2. The summed E-state index contributed by atoms with van der Waals surface area (Å²) < 4.78 is 1.70. The van der Waals surface area contributed by atoms with Crippen molar-refractivity contribution in [1.29, 1.82) is 0 Å². The van der Waals surface area contributed by atoms with Crippen molar-refractivity contribution in [3.8, 4) is 16.9 Å². The van der Waals surface area contributed by atoms with Crippen molar-refractivity contribution >= 4 is 11.6 Å². The van der Waals surface area contributed by atoms with Crippen LogP contribution in [0.1, 0.15) is 12.6 Å². The maximum atomic E-state index is 11.2. The summed E-state index contributed by atoms with van der Waals surface area (Å²) in [4.78, 5) is 15.4. The predicted octanol–water partition coefficient (Wildman–Crippen LogP) is 1.75. The maximum Gasteiger partial charge on any atom is 0.221 e. The normalized spacial score (nSPS) is 10.5. The van der Waals surface area contributed by atoms with Gasteiger partial charge in [-0.25, -0.2) is 4.68 Å². The van der Waals surface area contributed by atoms with Crippen LogP contribution in [0.5, 0.6) is 0 Å². The number of carbonyl (C=O) groups excluding carboxylic acids is 1. The van der Waals surface area contributed by atoms with Crippen LogP contribution in [0.2, 0.25) is 0 Å². The van der Waals surface area contributed by atoms with Crippen molar-refractivity contribution in [1.82, 2.24) is 20.0 Å². The first-order chi connectivity index (χ1) is 11.2. The summed E-state index contributed by atoms with van der Waals surface area (Å²) in [6.07, 6.45) is 3.45. The van der Waals surface area contributed by atoms with Crippen molar-refractivity contribution in [2.45, 2.75) is 13.5 Å². The van der Waals surface area contributed by atoms with Crippen molar-refractivity contribution in [3.63, 3.8) is 0 Å². The Morgan fingerprint density at radius 3 is 2.87 bits per heavy atom. The van der Waals surface area contributed by atoms with Crippen LogP contribution in [-0.2, 0) is 11.3 Å². The van der Waals surface area contributed by atoms with Crippen LogP contribution in [0.3, 0.4) is 0 Å². The molecule has 0 spiro atoms. The zero-order valence-corrected chi connectivity index (χ0v) is 12.6. The number of pyridine rings is 1. The number of hydrogen-bond donors (Lipinski definition) is 2. The number of hydrogen-bond acceptors (Lipinski definition) is 5. The van der Waals surface area contributed by atoms with E-state index in [1.54, 1.807) is 17.1 Å². The Balaban J connectivity index is 2.11. The summed E-state index contributed by atoms with van der Waals surface area (Å²) in [5, 5.41) is 11.1. The third kappa shape index (κ3) is 3.09. The summed E-state index contributed by atoms with van der Waals surface area (Å²) in [7, 11) is 0. The summed E-state index contributed by atoms with van der Waals surface area (Å²) in [5.74, 6) is -0.129. The molecule has 3 rings (SSSR count). The molecular weight excluding hydrogens is 292 g/mol. The van der Waals surface area contributed by atoms with Crippen molar-refractivity contribution in [2.24, 2.45) is 5.73 Å². The topological polar surface area (TPSA) is 98.7 Å². The van der Waals surface area contributed by atoms with Crippen LogP contribution in [0.15, 0.2) is 48.8 Å². The highest BCUT2D eigenvalue weighted by molar-refractivity contribution is 5.89. The first-order valence-corrected chi connectivity index (χ1v) is 7.12. The van der Waals surface area contributed by atoms with Crippen molar-refractivity contribution in [3.05, 3.63) is 54.5 Å². The minimum absolute atomic E-state index is 0.129. The van der Waals surface area contributed by atoms with Gasteiger partial charge in [-0.1, -0.05) is 11.3 Å². The molecule has 2 heterocycles. The molecule has 0 atom stereocenters. The quantitative estimate of drug-likeness (QED) is 0.765. The molecule has 2 aromatic heterocycles. The number of nitrogens with two attached hydrogens (primary N) is 1. The monoisotopic (exact) mass is 308 g/mol. The Hall–Kier alpha value is -3.06. The molecule has 0 bridgehead atoms. The van der Waals surface area contributed by atoms with E-state index in [0.29, 0.717) is 11.4 Å². The molecule has 23 heavy (non-hydrogen) atoms. The van der Waals surface area contributed by atoms with E-state index in [-0.39, 0.29) is 12.5 Å². The van der Waals surface area contributed by atoms with Crippen LogP contribution < -0.4 is 11.1 Å². The van der Waals surface area contributed by atoms with Gasteiger partial charge in [0, 0.05) is 37.1 Å². The first kappa shape index (κ1) is 14.9. The number of amides is 1. The van der Waals surface area contributed by atoms with E-state index < -0.39 is 0 Å². The van der Waals surface area contributed by atoms with E-state index in [4.69, 9.17) is 5.73 Å². The zero-order chi connectivity index (χ0) is 16.2. The molecule has 0 fully saturated rings. The molecule has 0 aliphatic rings. The average molecular weight is 308 g/mol. The second-order valence-electron chi connectivity index (χ2n) is 4.97. The summed E-state index contributed by atoms with van der Waals surface area (Å²) >= 11 is 0. The molecule has 1 amide bonds. The number of anilines is 1. The lowest BCUT2D eigenvalue weighted by Crippen LogP contribution is -2.07. The second-order valence-corrected chi connectivity index (χ2v) is 4.97. The Bertz CT molecular complexity index is 828. The van der Waals surface area contributed by atoms with E-state index in [0.717, 1.165) is 16.9 Å². The first-order valence-electron chi connectivity index (χ1n) is 7.12. The molecule has 1 aromatic carbocycles. The van der Waals surface area contributed by atoms with E-state index in [2.05, 4.69) is 20.6 Å². The fourth-order valence-electron chi connectivity index (χ4n) is 2.34. The van der Waals surface area contributed by atoms with E-state index in [1.807, 2.05) is 36.4 Å². The lowest BCUT2D eigenvalue weighted by molar-refractivity contribution is -0.114. The molecule has 7 nitrogen and oxygen atoms in total. The van der Waals surface area contributed by atoms with E-state index in [9.17, 15) is 4.79 Å². The molecule has 0 unspecified atom stereocenters. The molecule has 0 aliphatic carbocycles. The molecule has 3 aromatic rings. The van der Waals surface area contributed by atoms with Gasteiger partial charge in [0.1, 0.15) is 11.4 Å². The molecule has 0 saturated carbocycles. The van der Waals surface area contributed by atoms with Gasteiger partial charge in [-0.3, -0.25) is 9.78 Å². The zero-order valence-electron chi connectivity index (χ0n) is 12.6. The molecule has 0 radical (unpaired) electrons. The Morgan fingerprint density at radius 2 is 2.17 bits per heavy atom. The van der Waals surface area contributed by atoms with Gasteiger partial charge in [0.05, 0.1) is 5.69 Å². The average Bonchev–Trinajstić information content (AvgIpc) is 2.99. The SMILES string of the molecule is CC(=O)Nc1cccc(-n2nnc(CN)c2-c2cccnc2)c1. The Labute approximate surface area is 133 Å². The van der Waals surface area contributed by atoms with Gasteiger partial charge >= 0.3 is 0 Å². The van der Waals surface area contributed by atoms with Crippen LogP contribution in [0.25, 0.3) is 16.9 Å². The summed E-state index contributed by atoms with van der Waals surface area (Å²) in [5.41, 5.74) is 9.61. The molecular formula is C16H16N6O. The third-order valence-corrected chi connectivity index (χ3v) is 3.28. The van der Waals surface area contributed by atoms with Gasteiger partial charge in [0.2, 0.25) is 5.91 Å². The largest absolute Gasteiger partial charge is 0.326 e. The van der Waals surface area contributed by atoms with E-state index in [1.165, 1.54) is 6.92 Å². The van der Waals surface area contributed by atoms with Gasteiger partial charge in [0.15, 0.2) is 0 Å². The fraction of sp³-hybridized carbons (Fsp3) is 0.125. The smallest absolute Gasteiger partial charge is 0.221 e. The van der Waals surface area contributed by atoms with Gasteiger partial charge < -0.3 is 11.1 Å². The molecule has 0 saturated heterocycles. The Kier molecular flexibility index (Phi) is 4.11. The number of nitrogens with zero attached hydrogens (tertiary/aromatic N) is 4. The van der Waals surface area contributed by atoms with Gasteiger partial charge in [-0.15, -0.1) is 5.10 Å². The minimum atomic E-state index is -0.129. The molecule has 7 heteroatoms. The van der Waals surface area contributed by atoms with Gasteiger partial charge in [-0.05, 0) is 30.3 Å². The Morgan fingerprint density at radius 1 is 1.30 bits per heavy atom. The molecule has 3 N–H and O–H groups in total. The summed E-state index contributed by atoms with van der Waals surface area (Å²) in [6.45, 7) is 1.74. The lowest BCUT2D eigenvalue weighted by Gasteiger charge is -2.09. The molecule has 116 valence electrons. The van der Waals surface area contributed by atoms with Crippen LogP contribution >= 0.6 is 0 Å². The van der Waals surface area contributed by atoms with Crippen LogP contribution in [-0.4, -0.2) is 25.9 Å². The second kappa shape index (κ2) is 6.37. The number of benzene rings is 1. The number of nitrogens with one attached hydrogen (secondary N) is 1. The highest BCUT2D eigenvalue weighted by Gasteiger charge is 2.15. The molecule has 0 aliphatic heterocycles. The van der Waals surface area contributed by atoms with E-state index >= 15 is 0 Å². The van der Waals surface area contributed by atoms with Gasteiger partial charge in [-0.2, -0.15) is 0 Å². The summed E-state index contributed by atoms with van der Waals surface area (Å²) in [6, 6.07) is 11.2. The number of aromatic nitrogens is 4. The lowest BCUT2D eigenvalue weighted by atomic mass is 10.1. The van der Waals surface area contributed by atoms with Crippen molar-refractivity contribution < 1.29 is 4.79 Å². The number of carbonyl (C=O) groups is 1. The predicted molar refractivity (Wildman–Crippen MR) is 86.8 cm³/mol. The minimum Gasteiger partial charge on any atom is -0.326 e. The standard InChI is InChI=1S/C16H16N6O/c1-11(23)19-13-5-2-6-14(8-13)22-16(15(9-17)20-21-22)12-4-3-7-18-10-12/h2-8,10H,9,17H2,1H3,(H,19,23). The van der Waals surface area contributed by atoms with Gasteiger partial charge in [0.25, 0.3) is 0 Å². The third-order valence-electron chi connectivity index (χ3n) is 3.28. The van der Waals surface area contributed by atoms with Crippen molar-refractivity contribution in [2.75, 3.05) is 5.32 Å². The highest BCUT2D eigenvalue weighted by Crippen LogP contribution is 2.25. The fourth-order valence-corrected chi connectivity index (χ4v) is 2.34. The number of rotatable bonds is 4. The van der Waals surface area contributed by atoms with Crippen LogP contribution in [0.4, 0.5) is 5.69 Å². The van der Waals surface area contributed by atoms with Crippen LogP contribution in [0, 0.1) is 0 Å².